The van der Waals surface area contributed by atoms with Gasteiger partial charge in [-0.1, -0.05) is 6.07 Å². The number of carbonyl (C=O) groups is 2. The fourth-order valence-corrected chi connectivity index (χ4v) is 2.88. The average molecular weight is 319 g/mol. The predicted octanol–water partition coefficient (Wildman–Crippen LogP) is 0.756. The molecule has 1 saturated heterocycles. The first-order valence-electron chi connectivity index (χ1n) is 8.10. The molecule has 3 rings (SSSR count). The zero-order valence-electron chi connectivity index (χ0n) is 13.3. The Kier molecular flexibility index (Phi) is 4.61. The van der Waals surface area contributed by atoms with Gasteiger partial charge in [0.05, 0.1) is 6.42 Å². The number of nitrogens with one attached hydrogen (secondary N) is 2. The molecule has 1 saturated carbocycles. The number of halogens is 1. The van der Waals surface area contributed by atoms with Crippen LogP contribution in [-0.4, -0.2) is 48.4 Å². The van der Waals surface area contributed by atoms with Crippen molar-refractivity contribution in [1.29, 1.82) is 0 Å². The number of carbonyl (C=O) groups excluding carboxylic acids is 2. The van der Waals surface area contributed by atoms with Gasteiger partial charge >= 0.3 is 0 Å². The zero-order chi connectivity index (χ0) is 16.4. The van der Waals surface area contributed by atoms with E-state index in [1.807, 2.05) is 0 Å². The molecule has 6 heteroatoms. The number of rotatable bonds is 4. The highest BCUT2D eigenvalue weighted by Gasteiger charge is 2.34. The van der Waals surface area contributed by atoms with Crippen LogP contribution < -0.4 is 10.6 Å². The second-order valence-corrected chi connectivity index (χ2v) is 6.34. The number of hydrogen-bond donors (Lipinski definition) is 2. The van der Waals surface area contributed by atoms with Crippen LogP contribution in [0.5, 0.6) is 0 Å². The molecule has 124 valence electrons. The molecule has 0 radical (unpaired) electrons. The van der Waals surface area contributed by atoms with Crippen LogP contribution in [0.25, 0.3) is 0 Å². The Morgan fingerprint density at radius 2 is 2.17 bits per heavy atom. The number of hydrogen-bond acceptors (Lipinski definition) is 3. The van der Waals surface area contributed by atoms with Crippen molar-refractivity contribution in [3.63, 3.8) is 0 Å². The summed E-state index contributed by atoms with van der Waals surface area (Å²) in [5.41, 5.74) is 1.56. The molecule has 1 heterocycles. The molecule has 2 fully saturated rings. The third-order valence-electron chi connectivity index (χ3n) is 4.44. The van der Waals surface area contributed by atoms with Crippen molar-refractivity contribution in [2.24, 2.45) is 0 Å². The molecule has 1 unspecified atom stereocenters. The highest BCUT2D eigenvalue weighted by molar-refractivity contribution is 5.89. The van der Waals surface area contributed by atoms with Crippen molar-refractivity contribution in [3.8, 4) is 0 Å². The van der Waals surface area contributed by atoms with Crippen molar-refractivity contribution in [3.05, 3.63) is 35.1 Å². The van der Waals surface area contributed by atoms with Crippen LogP contribution in [0, 0.1) is 12.7 Å². The van der Waals surface area contributed by atoms with Crippen molar-refractivity contribution < 1.29 is 14.0 Å². The van der Waals surface area contributed by atoms with E-state index in [9.17, 15) is 14.0 Å². The Morgan fingerprint density at radius 3 is 2.87 bits per heavy atom. The summed E-state index contributed by atoms with van der Waals surface area (Å²) in [4.78, 5) is 26.6. The number of aryl methyl sites for hydroxylation is 1. The molecule has 2 amide bonds. The zero-order valence-corrected chi connectivity index (χ0v) is 13.3. The van der Waals surface area contributed by atoms with Gasteiger partial charge in [-0.15, -0.1) is 0 Å². The Morgan fingerprint density at radius 1 is 1.39 bits per heavy atom. The summed E-state index contributed by atoms with van der Waals surface area (Å²) < 4.78 is 13.2. The van der Waals surface area contributed by atoms with E-state index < -0.39 is 6.04 Å². The average Bonchev–Trinajstić information content (AvgIpc) is 3.34. The lowest BCUT2D eigenvalue weighted by Crippen LogP contribution is -2.60. The summed E-state index contributed by atoms with van der Waals surface area (Å²) in [5, 5.41) is 6.14. The summed E-state index contributed by atoms with van der Waals surface area (Å²) in [6, 6.07) is 4.25. The quantitative estimate of drug-likeness (QED) is 0.861. The maximum Gasteiger partial charge on any atom is 0.244 e. The SMILES string of the molecule is Cc1cc(F)ccc1CC(=O)N1CCNCC1C(=O)NC1CC1. The fourth-order valence-electron chi connectivity index (χ4n) is 2.88. The highest BCUT2D eigenvalue weighted by atomic mass is 19.1. The number of amides is 2. The lowest BCUT2D eigenvalue weighted by atomic mass is 10.0. The summed E-state index contributed by atoms with van der Waals surface area (Å²) >= 11 is 0. The van der Waals surface area contributed by atoms with Crippen LogP contribution in [0.3, 0.4) is 0 Å². The Balaban J connectivity index is 1.68. The van der Waals surface area contributed by atoms with Gasteiger partial charge in [0.1, 0.15) is 11.9 Å². The minimum atomic E-state index is -0.461. The Labute approximate surface area is 135 Å². The number of benzene rings is 1. The number of nitrogens with zero attached hydrogens (tertiary/aromatic N) is 1. The van der Waals surface area contributed by atoms with Crippen molar-refractivity contribution in [1.82, 2.24) is 15.5 Å². The van der Waals surface area contributed by atoms with E-state index in [2.05, 4.69) is 10.6 Å². The standard InChI is InChI=1S/C17H22FN3O2/c1-11-8-13(18)3-2-12(11)9-16(22)21-7-6-19-10-15(21)17(23)20-14-4-5-14/h2-3,8,14-15,19H,4-7,9-10H2,1H3,(H,20,23). The van der Waals surface area contributed by atoms with Crippen LogP contribution in [0.1, 0.15) is 24.0 Å². The summed E-state index contributed by atoms with van der Waals surface area (Å²) in [6.07, 6.45) is 2.24. The van der Waals surface area contributed by atoms with E-state index in [-0.39, 0.29) is 30.1 Å². The van der Waals surface area contributed by atoms with E-state index >= 15 is 0 Å². The molecule has 0 aromatic heterocycles. The third kappa shape index (κ3) is 3.88. The van der Waals surface area contributed by atoms with Crippen molar-refractivity contribution in [2.75, 3.05) is 19.6 Å². The normalized spacial score (nSPS) is 21.1. The van der Waals surface area contributed by atoms with Gasteiger partial charge in [-0.3, -0.25) is 9.59 Å². The summed E-state index contributed by atoms with van der Waals surface area (Å²) in [5.74, 6) is -0.469. The van der Waals surface area contributed by atoms with Crippen LogP contribution in [0.15, 0.2) is 18.2 Å². The minimum absolute atomic E-state index is 0.0797. The van der Waals surface area contributed by atoms with Gasteiger partial charge in [-0.25, -0.2) is 4.39 Å². The Bertz CT molecular complexity index is 616. The molecule has 1 aliphatic heterocycles. The topological polar surface area (TPSA) is 61.4 Å². The molecule has 0 bridgehead atoms. The molecule has 23 heavy (non-hydrogen) atoms. The third-order valence-corrected chi connectivity index (χ3v) is 4.44. The Hall–Kier alpha value is -1.95. The van der Waals surface area contributed by atoms with E-state index in [0.29, 0.717) is 19.6 Å². The maximum atomic E-state index is 13.2. The minimum Gasteiger partial charge on any atom is -0.352 e. The lowest BCUT2D eigenvalue weighted by Gasteiger charge is -2.35. The van der Waals surface area contributed by atoms with Gasteiger partial charge < -0.3 is 15.5 Å². The van der Waals surface area contributed by atoms with Crippen LogP contribution in [0.2, 0.25) is 0 Å². The van der Waals surface area contributed by atoms with E-state index in [0.717, 1.165) is 24.0 Å². The van der Waals surface area contributed by atoms with Gasteiger partial charge in [-0.05, 0) is 43.0 Å². The van der Waals surface area contributed by atoms with Crippen LogP contribution >= 0.6 is 0 Å². The van der Waals surface area contributed by atoms with E-state index in [4.69, 9.17) is 0 Å². The maximum absolute atomic E-state index is 13.2. The molecular formula is C17H22FN3O2. The first-order chi connectivity index (χ1) is 11.0. The van der Waals surface area contributed by atoms with E-state index in [1.54, 1.807) is 17.9 Å². The smallest absolute Gasteiger partial charge is 0.244 e. The molecule has 1 atom stereocenters. The van der Waals surface area contributed by atoms with Crippen LogP contribution in [0.4, 0.5) is 4.39 Å². The number of piperazine rings is 1. The molecule has 1 aromatic rings. The first-order valence-corrected chi connectivity index (χ1v) is 8.10. The van der Waals surface area contributed by atoms with Crippen molar-refractivity contribution in [2.45, 2.75) is 38.3 Å². The van der Waals surface area contributed by atoms with E-state index in [1.165, 1.54) is 12.1 Å². The molecule has 2 aliphatic rings. The fraction of sp³-hybridized carbons (Fsp3) is 0.529. The monoisotopic (exact) mass is 319 g/mol. The summed E-state index contributed by atoms with van der Waals surface area (Å²) in [6.45, 7) is 3.47. The van der Waals surface area contributed by atoms with Gasteiger partial charge in [0.2, 0.25) is 11.8 Å². The van der Waals surface area contributed by atoms with Crippen molar-refractivity contribution >= 4 is 11.8 Å². The van der Waals surface area contributed by atoms with Crippen LogP contribution in [-0.2, 0) is 16.0 Å². The molecule has 2 N–H and O–H groups in total. The van der Waals surface area contributed by atoms with Gasteiger partial charge in [-0.2, -0.15) is 0 Å². The predicted molar refractivity (Wildman–Crippen MR) is 84.4 cm³/mol. The second-order valence-electron chi connectivity index (χ2n) is 6.34. The first kappa shape index (κ1) is 15.9. The van der Waals surface area contributed by atoms with Gasteiger partial charge in [0, 0.05) is 25.7 Å². The van der Waals surface area contributed by atoms with Gasteiger partial charge in [0.15, 0.2) is 0 Å². The summed E-state index contributed by atoms with van der Waals surface area (Å²) in [7, 11) is 0. The second kappa shape index (κ2) is 6.66. The molecule has 5 nitrogen and oxygen atoms in total. The largest absolute Gasteiger partial charge is 0.352 e. The molecule has 1 aliphatic carbocycles. The molecule has 0 spiro atoms. The van der Waals surface area contributed by atoms with Gasteiger partial charge in [0.25, 0.3) is 0 Å². The lowest BCUT2D eigenvalue weighted by molar-refractivity contribution is -0.141. The molecule has 1 aromatic carbocycles. The molecular weight excluding hydrogens is 297 g/mol. The highest BCUT2D eigenvalue weighted by Crippen LogP contribution is 2.20.